The highest BCUT2D eigenvalue weighted by molar-refractivity contribution is 5.83. The van der Waals surface area contributed by atoms with Crippen LogP contribution < -0.4 is 0 Å². The van der Waals surface area contributed by atoms with E-state index in [1.54, 1.807) is 27.7 Å². The van der Waals surface area contributed by atoms with Gasteiger partial charge in [0, 0.05) is 42.7 Å². The number of hydrogen-bond donors (Lipinski definition) is 6. The lowest BCUT2D eigenvalue weighted by Gasteiger charge is -2.46. The minimum Gasteiger partial charge on any atom is -0.459 e. The van der Waals surface area contributed by atoms with Gasteiger partial charge in [-0.1, -0.05) is 41.5 Å². The Kier molecular flexibility index (Phi) is 16.7. The molecule has 0 spiro atoms. The Bertz CT molecular complexity index is 1170. The van der Waals surface area contributed by atoms with E-state index in [0.29, 0.717) is 32.2 Å². The highest BCUT2D eigenvalue weighted by Gasteiger charge is 2.49. The first-order chi connectivity index (χ1) is 24.6. The molecule has 53 heavy (non-hydrogen) atoms. The van der Waals surface area contributed by atoms with Crippen LogP contribution in [0, 0.1) is 23.2 Å². The number of carbonyl (C=O) groups is 2. The predicted molar refractivity (Wildman–Crippen MR) is 195 cm³/mol. The molecule has 0 aliphatic carbocycles. The molecule has 0 amide bonds. The number of aliphatic hydroxyl groups excluding tert-OH is 5. The molecule has 3 heterocycles. The van der Waals surface area contributed by atoms with Crippen molar-refractivity contribution in [3.05, 3.63) is 0 Å². The molecule has 310 valence electrons. The number of esters is 1. The molecule has 3 unspecified atom stereocenters. The number of cyclic esters (lactones) is 1. The Labute approximate surface area is 316 Å². The third kappa shape index (κ3) is 11.0. The minimum atomic E-state index is -1.98. The molecule has 3 rings (SSSR count). The molecule has 0 aromatic heterocycles. The number of aliphatic hydroxyl groups is 6. The number of ketones is 1. The minimum absolute atomic E-state index is 0.104. The second kappa shape index (κ2) is 19.2. The lowest BCUT2D eigenvalue weighted by atomic mass is 9.74. The number of rotatable bonds is 10. The van der Waals surface area contributed by atoms with Crippen molar-refractivity contribution in [2.75, 3.05) is 13.6 Å². The summed E-state index contributed by atoms with van der Waals surface area (Å²) in [5.74, 6) is -4.02. The zero-order chi connectivity index (χ0) is 40.2. The van der Waals surface area contributed by atoms with E-state index in [-0.39, 0.29) is 25.4 Å². The second-order valence-corrected chi connectivity index (χ2v) is 16.8. The van der Waals surface area contributed by atoms with Crippen LogP contribution in [0.4, 0.5) is 0 Å². The Hall–Kier alpha value is -1.30. The van der Waals surface area contributed by atoms with Crippen LogP contribution in [-0.4, -0.2) is 146 Å². The van der Waals surface area contributed by atoms with Crippen LogP contribution in [0.25, 0.3) is 0 Å². The maximum atomic E-state index is 14.0. The first-order valence-electron chi connectivity index (χ1n) is 19.8. The Morgan fingerprint density at radius 1 is 0.887 bits per heavy atom. The van der Waals surface area contributed by atoms with Crippen molar-refractivity contribution >= 4 is 11.8 Å². The zero-order valence-electron chi connectivity index (χ0n) is 33.9. The third-order valence-electron chi connectivity index (χ3n) is 12.5. The van der Waals surface area contributed by atoms with Crippen LogP contribution in [0.15, 0.2) is 0 Å². The highest BCUT2D eigenvalue weighted by atomic mass is 16.7. The van der Waals surface area contributed by atoms with Crippen molar-refractivity contribution < 1.29 is 63.9 Å². The van der Waals surface area contributed by atoms with E-state index in [1.807, 2.05) is 39.6 Å². The van der Waals surface area contributed by atoms with Gasteiger partial charge in [0.2, 0.25) is 0 Å². The number of likely N-dealkylation sites (N-methyl/N-ethyl adjacent to an activating group) is 1. The van der Waals surface area contributed by atoms with Gasteiger partial charge in [0.25, 0.3) is 0 Å². The predicted octanol–water partition coefficient (Wildman–Crippen LogP) is 2.30. The van der Waals surface area contributed by atoms with Gasteiger partial charge in [0.15, 0.2) is 12.6 Å². The average Bonchev–Trinajstić information content (AvgIpc) is 3.11. The topological polar surface area (TPSA) is 205 Å². The standard InChI is InChI=1S/C39H71NO13/c1-12-25(41)19-40(11)26-16-21(5)49-37(33(26)44)52-29-17-28(51-31-18-38(9,14-3)35(46)24(8)50-31)22(6)36(47)53-30(13-2)39(10,48)34(45)23(7)32(43)20(4)15-27(29)42/h20-31,33-35,37,41-42,44-46,48H,12-19H2,1-11H3/t20-,21-,22-,23+,24+,25?,26+,27-,28+,29-,30-,31?,33-,34-,35+,37?,38-,39-/m1/s1. The van der Waals surface area contributed by atoms with E-state index >= 15 is 0 Å². The normalized spacial score (nSPS) is 46.1. The molecule has 18 atom stereocenters. The first-order valence-corrected chi connectivity index (χ1v) is 19.8. The molecular weight excluding hydrogens is 690 g/mol. The maximum absolute atomic E-state index is 14.0. The van der Waals surface area contributed by atoms with Crippen LogP contribution in [0.1, 0.15) is 114 Å². The van der Waals surface area contributed by atoms with E-state index in [4.69, 9.17) is 23.7 Å². The number of Topliss-reactive ketones (excluding diaryl/α,β-unsaturated/α-hetero) is 1. The molecule has 3 aliphatic heterocycles. The summed E-state index contributed by atoms with van der Waals surface area (Å²) >= 11 is 0. The SMILES string of the molecule is CCC(O)CN(C)[C@H]1C[C@@H](C)OC(O[C@@H]2C[C@H](OC3C[C@@](C)(CC)[C@@H](O)[C@H](C)O3)[C@@H](C)C(=O)O[C@H](CC)[C@@](C)(O)[C@H](O)[C@@H](C)C(=O)[C@H](C)C[C@H]2O)[C@@H]1O. The van der Waals surface area contributed by atoms with Gasteiger partial charge in [0.05, 0.1) is 54.7 Å². The Balaban J connectivity index is 2.07. The van der Waals surface area contributed by atoms with Gasteiger partial charge in [-0.3, -0.25) is 14.5 Å². The molecule has 3 fully saturated rings. The fourth-order valence-electron chi connectivity index (χ4n) is 8.26. The van der Waals surface area contributed by atoms with Gasteiger partial charge in [-0.25, -0.2) is 0 Å². The van der Waals surface area contributed by atoms with Crippen LogP contribution in [0.3, 0.4) is 0 Å². The average molecular weight is 762 g/mol. The Morgan fingerprint density at radius 3 is 2.11 bits per heavy atom. The smallest absolute Gasteiger partial charge is 0.311 e. The highest BCUT2D eigenvalue weighted by Crippen LogP contribution is 2.41. The van der Waals surface area contributed by atoms with Crippen LogP contribution >= 0.6 is 0 Å². The monoisotopic (exact) mass is 761 g/mol. The summed E-state index contributed by atoms with van der Waals surface area (Å²) in [7, 11) is 1.81. The number of carbonyl (C=O) groups excluding carboxylic acids is 2. The van der Waals surface area contributed by atoms with Crippen LogP contribution in [0.5, 0.6) is 0 Å². The molecule has 0 saturated carbocycles. The second-order valence-electron chi connectivity index (χ2n) is 16.8. The summed E-state index contributed by atoms with van der Waals surface area (Å²) in [5.41, 5.74) is -2.53. The van der Waals surface area contributed by atoms with Crippen molar-refractivity contribution in [1.29, 1.82) is 0 Å². The molecule has 0 aromatic rings. The fourth-order valence-corrected chi connectivity index (χ4v) is 8.26. The largest absolute Gasteiger partial charge is 0.459 e. The van der Waals surface area contributed by atoms with E-state index in [9.17, 15) is 40.2 Å². The summed E-state index contributed by atoms with van der Waals surface area (Å²) in [6.45, 7) is 17.5. The summed E-state index contributed by atoms with van der Waals surface area (Å²) < 4.78 is 31.2. The molecule has 6 N–H and O–H groups in total. The lowest BCUT2D eigenvalue weighted by Crippen LogP contribution is -2.58. The van der Waals surface area contributed by atoms with Crippen LogP contribution in [-0.2, 0) is 33.3 Å². The van der Waals surface area contributed by atoms with Crippen molar-refractivity contribution in [3.8, 4) is 0 Å². The molecule has 0 radical (unpaired) electrons. The molecule has 3 aliphatic rings. The number of ether oxygens (including phenoxy) is 5. The van der Waals surface area contributed by atoms with Gasteiger partial charge >= 0.3 is 5.97 Å². The van der Waals surface area contributed by atoms with E-state index < -0.39 is 114 Å². The molecule has 14 nitrogen and oxygen atoms in total. The van der Waals surface area contributed by atoms with Crippen LogP contribution in [0.2, 0.25) is 0 Å². The van der Waals surface area contributed by atoms with E-state index in [1.165, 1.54) is 13.8 Å². The van der Waals surface area contributed by atoms with Gasteiger partial charge in [-0.2, -0.15) is 0 Å². The molecule has 14 heteroatoms. The molecule has 3 saturated heterocycles. The summed E-state index contributed by atoms with van der Waals surface area (Å²) in [4.78, 5) is 29.5. The fraction of sp³-hybridized carbons (Fsp3) is 0.949. The number of hydrogen-bond acceptors (Lipinski definition) is 14. The van der Waals surface area contributed by atoms with Gasteiger partial charge < -0.3 is 54.3 Å². The molecule has 0 aromatic carbocycles. The maximum Gasteiger partial charge on any atom is 0.311 e. The summed E-state index contributed by atoms with van der Waals surface area (Å²) in [6.07, 6.45) is -9.94. The third-order valence-corrected chi connectivity index (χ3v) is 12.5. The van der Waals surface area contributed by atoms with E-state index in [2.05, 4.69) is 0 Å². The summed E-state index contributed by atoms with van der Waals surface area (Å²) in [5, 5.41) is 67.6. The first kappa shape index (κ1) is 46.1. The Morgan fingerprint density at radius 2 is 1.53 bits per heavy atom. The van der Waals surface area contributed by atoms with Gasteiger partial charge in [-0.05, 0) is 66.8 Å². The molecular formula is C39H71NO13. The zero-order valence-corrected chi connectivity index (χ0v) is 33.9. The van der Waals surface area contributed by atoms with Gasteiger partial charge in [0.1, 0.15) is 23.6 Å². The van der Waals surface area contributed by atoms with Crippen molar-refractivity contribution in [3.63, 3.8) is 0 Å². The summed E-state index contributed by atoms with van der Waals surface area (Å²) in [6, 6.07) is -0.446. The van der Waals surface area contributed by atoms with Gasteiger partial charge in [-0.15, -0.1) is 0 Å². The van der Waals surface area contributed by atoms with Crippen molar-refractivity contribution in [2.45, 2.75) is 199 Å². The quantitative estimate of drug-likeness (QED) is 0.177. The van der Waals surface area contributed by atoms with Crippen molar-refractivity contribution in [1.82, 2.24) is 4.90 Å². The van der Waals surface area contributed by atoms with Crippen molar-refractivity contribution in [2.24, 2.45) is 23.2 Å². The van der Waals surface area contributed by atoms with E-state index in [0.717, 1.165) is 0 Å². The number of nitrogens with zero attached hydrogens (tertiary/aromatic N) is 1. The molecule has 0 bridgehead atoms. The lowest BCUT2D eigenvalue weighted by molar-refractivity contribution is -0.295.